The summed E-state index contributed by atoms with van der Waals surface area (Å²) in [5.41, 5.74) is 2.94. The topological polar surface area (TPSA) is 82.1 Å². The van der Waals surface area contributed by atoms with Crippen molar-refractivity contribution >= 4 is 11.8 Å². The molecular weight excluding hydrogens is 384 g/mol. The van der Waals surface area contributed by atoms with E-state index in [1.165, 1.54) is 7.11 Å². The molecule has 1 saturated carbocycles. The minimum absolute atomic E-state index is 0.00191. The van der Waals surface area contributed by atoms with Gasteiger partial charge in [-0.3, -0.25) is 4.79 Å². The molecule has 0 aromatic heterocycles. The van der Waals surface area contributed by atoms with Crippen LogP contribution in [0, 0.1) is 11.8 Å². The number of para-hydroxylation sites is 1. The molecule has 1 N–H and O–H groups in total. The SMILES string of the molecule is COC(=O)C(O)CC=C=CC[C@H]1C(=O)C[C@@H](OC)[C@@H]1/C=C/CCOc1ccccc1. The number of aliphatic hydroxyl groups excluding tert-OH is 1. The Morgan fingerprint density at radius 1 is 1.27 bits per heavy atom. The zero-order valence-electron chi connectivity index (χ0n) is 17.5. The Hall–Kier alpha value is -2.66. The van der Waals surface area contributed by atoms with Gasteiger partial charge in [0.1, 0.15) is 11.5 Å². The van der Waals surface area contributed by atoms with Crippen molar-refractivity contribution < 1.29 is 28.9 Å². The number of hydrogen-bond acceptors (Lipinski definition) is 6. The highest BCUT2D eigenvalue weighted by atomic mass is 16.5. The second-order valence-corrected chi connectivity index (χ2v) is 7.09. The number of aliphatic hydroxyl groups is 1. The van der Waals surface area contributed by atoms with Crippen LogP contribution in [0.4, 0.5) is 0 Å². The first kappa shape index (κ1) is 23.6. The van der Waals surface area contributed by atoms with Gasteiger partial charge in [0.05, 0.1) is 19.8 Å². The Balaban J connectivity index is 1.87. The zero-order valence-corrected chi connectivity index (χ0v) is 17.5. The standard InChI is InChI=1S/C24H30O6/c1-28-23-17-22(26)19(13-7-4-8-15-21(25)24(27)29-2)20(23)14-9-10-16-30-18-11-5-3-6-12-18/h3,5-9,11-12,14,19-21,23,25H,10,13,15-17H2,1-2H3/b14-9+/t4?,19-,20-,21?,23-/m1/s1. The van der Waals surface area contributed by atoms with Crippen LogP contribution in [0.5, 0.6) is 5.75 Å². The first-order valence-electron chi connectivity index (χ1n) is 10.1. The molecule has 0 spiro atoms. The van der Waals surface area contributed by atoms with Gasteiger partial charge >= 0.3 is 5.97 Å². The molecule has 30 heavy (non-hydrogen) atoms. The summed E-state index contributed by atoms with van der Waals surface area (Å²) in [6.45, 7) is 0.564. The van der Waals surface area contributed by atoms with Crippen LogP contribution < -0.4 is 4.74 Å². The molecule has 2 rings (SSSR count). The van der Waals surface area contributed by atoms with Crippen LogP contribution in [-0.4, -0.2) is 49.9 Å². The molecule has 0 saturated heterocycles. The van der Waals surface area contributed by atoms with Crippen LogP contribution >= 0.6 is 0 Å². The van der Waals surface area contributed by atoms with E-state index in [-0.39, 0.29) is 30.1 Å². The predicted molar refractivity (Wildman–Crippen MR) is 113 cm³/mol. The summed E-state index contributed by atoms with van der Waals surface area (Å²) in [6, 6.07) is 9.64. The molecule has 1 fully saturated rings. The number of hydrogen-bond donors (Lipinski definition) is 1. The third-order valence-corrected chi connectivity index (χ3v) is 5.09. The molecule has 0 amide bonds. The van der Waals surface area contributed by atoms with E-state index in [2.05, 4.69) is 16.5 Å². The molecule has 6 nitrogen and oxygen atoms in total. The lowest BCUT2D eigenvalue weighted by molar-refractivity contribution is -0.150. The molecule has 1 aliphatic carbocycles. The zero-order chi connectivity index (χ0) is 21.8. The number of rotatable bonds is 11. The number of ketones is 1. The van der Waals surface area contributed by atoms with Crippen molar-refractivity contribution in [1.29, 1.82) is 0 Å². The number of Topliss-reactive ketones (excluding diaryl/α,β-unsaturated/α-hetero) is 1. The third kappa shape index (κ3) is 7.30. The number of ether oxygens (including phenoxy) is 3. The maximum atomic E-state index is 12.4. The monoisotopic (exact) mass is 414 g/mol. The summed E-state index contributed by atoms with van der Waals surface area (Å²) >= 11 is 0. The summed E-state index contributed by atoms with van der Waals surface area (Å²) in [5.74, 6) is 0.155. The smallest absolute Gasteiger partial charge is 0.335 e. The summed E-state index contributed by atoms with van der Waals surface area (Å²) < 4.78 is 15.7. The number of esters is 1. The molecule has 1 aliphatic rings. The lowest BCUT2D eigenvalue weighted by atomic mass is 9.90. The second-order valence-electron chi connectivity index (χ2n) is 7.09. The van der Waals surface area contributed by atoms with E-state index in [9.17, 15) is 14.7 Å². The molecule has 4 atom stereocenters. The van der Waals surface area contributed by atoms with Crippen LogP contribution in [0.1, 0.15) is 25.7 Å². The molecule has 0 bridgehead atoms. The van der Waals surface area contributed by atoms with Gasteiger partial charge in [-0.05, 0) is 37.1 Å². The lowest BCUT2D eigenvalue weighted by Crippen LogP contribution is -2.20. The molecule has 1 unspecified atom stereocenters. The van der Waals surface area contributed by atoms with Gasteiger partial charge in [-0.2, -0.15) is 0 Å². The minimum atomic E-state index is -1.20. The van der Waals surface area contributed by atoms with Crippen molar-refractivity contribution in [3.63, 3.8) is 0 Å². The van der Waals surface area contributed by atoms with Gasteiger partial charge in [0, 0.05) is 31.8 Å². The first-order chi connectivity index (χ1) is 14.6. The summed E-state index contributed by atoms with van der Waals surface area (Å²) in [5, 5.41) is 9.54. The highest BCUT2D eigenvalue weighted by Crippen LogP contribution is 2.34. The maximum Gasteiger partial charge on any atom is 0.335 e. The van der Waals surface area contributed by atoms with Crippen molar-refractivity contribution in [3.05, 3.63) is 60.4 Å². The Morgan fingerprint density at radius 2 is 2.03 bits per heavy atom. The van der Waals surface area contributed by atoms with Crippen molar-refractivity contribution in [2.24, 2.45) is 11.8 Å². The molecule has 1 aromatic rings. The highest BCUT2D eigenvalue weighted by Gasteiger charge is 2.40. The van der Waals surface area contributed by atoms with Crippen LogP contribution in [-0.2, 0) is 19.1 Å². The Kier molecular flexibility index (Phi) is 10.1. The molecule has 1 aromatic carbocycles. The largest absolute Gasteiger partial charge is 0.493 e. The van der Waals surface area contributed by atoms with Gasteiger partial charge in [0.25, 0.3) is 0 Å². The fraction of sp³-hybridized carbons (Fsp3) is 0.458. The minimum Gasteiger partial charge on any atom is -0.493 e. The molecule has 6 heteroatoms. The van der Waals surface area contributed by atoms with Gasteiger partial charge in [-0.25, -0.2) is 4.79 Å². The third-order valence-electron chi connectivity index (χ3n) is 5.09. The molecule has 162 valence electrons. The van der Waals surface area contributed by atoms with Crippen LogP contribution in [0.15, 0.2) is 60.4 Å². The second kappa shape index (κ2) is 12.8. The van der Waals surface area contributed by atoms with Crippen molar-refractivity contribution in [1.82, 2.24) is 0 Å². The van der Waals surface area contributed by atoms with Gasteiger partial charge in [-0.15, -0.1) is 5.73 Å². The Morgan fingerprint density at radius 3 is 2.73 bits per heavy atom. The van der Waals surface area contributed by atoms with Gasteiger partial charge in [-0.1, -0.05) is 30.4 Å². The fourth-order valence-electron chi connectivity index (χ4n) is 3.45. The van der Waals surface area contributed by atoms with E-state index in [0.717, 1.165) is 12.2 Å². The van der Waals surface area contributed by atoms with Crippen LogP contribution in [0.2, 0.25) is 0 Å². The number of benzene rings is 1. The summed E-state index contributed by atoms with van der Waals surface area (Å²) in [6.07, 6.45) is 7.88. The van der Waals surface area contributed by atoms with Crippen LogP contribution in [0.25, 0.3) is 0 Å². The number of carbonyl (C=O) groups is 2. The van der Waals surface area contributed by atoms with Gasteiger partial charge < -0.3 is 19.3 Å². The van der Waals surface area contributed by atoms with E-state index in [0.29, 0.717) is 19.4 Å². The summed E-state index contributed by atoms with van der Waals surface area (Å²) in [4.78, 5) is 23.6. The molecular formula is C24H30O6. The van der Waals surface area contributed by atoms with Crippen molar-refractivity contribution in [2.75, 3.05) is 20.8 Å². The van der Waals surface area contributed by atoms with Crippen molar-refractivity contribution in [3.8, 4) is 5.75 Å². The van der Waals surface area contributed by atoms with E-state index < -0.39 is 12.1 Å². The predicted octanol–water partition coefficient (Wildman–Crippen LogP) is 3.26. The van der Waals surface area contributed by atoms with E-state index >= 15 is 0 Å². The first-order valence-corrected chi connectivity index (χ1v) is 10.1. The Bertz CT molecular complexity index is 763. The fourth-order valence-corrected chi connectivity index (χ4v) is 3.45. The summed E-state index contributed by atoms with van der Waals surface area (Å²) in [7, 11) is 2.86. The van der Waals surface area contributed by atoms with E-state index in [1.807, 2.05) is 36.4 Å². The van der Waals surface area contributed by atoms with Gasteiger partial charge in [0.15, 0.2) is 6.10 Å². The average Bonchev–Trinajstić information content (AvgIpc) is 3.07. The van der Waals surface area contributed by atoms with Gasteiger partial charge in [0.2, 0.25) is 0 Å². The molecule has 0 aliphatic heterocycles. The normalized spacial score (nSPS) is 21.8. The maximum absolute atomic E-state index is 12.4. The molecule has 0 radical (unpaired) electrons. The average molecular weight is 414 g/mol. The quantitative estimate of drug-likeness (QED) is 0.259. The van der Waals surface area contributed by atoms with E-state index in [4.69, 9.17) is 9.47 Å². The van der Waals surface area contributed by atoms with Crippen molar-refractivity contribution in [2.45, 2.75) is 37.9 Å². The number of carbonyl (C=O) groups excluding carboxylic acids is 2. The van der Waals surface area contributed by atoms with E-state index in [1.54, 1.807) is 19.3 Å². The highest BCUT2D eigenvalue weighted by molar-refractivity contribution is 5.85. The molecule has 0 heterocycles. The lowest BCUT2D eigenvalue weighted by Gasteiger charge is -2.18. The van der Waals surface area contributed by atoms with Crippen LogP contribution in [0.3, 0.4) is 0 Å². The number of methoxy groups -OCH3 is 2. The Labute approximate surface area is 177 Å².